The minimum Gasteiger partial charge on any atom is -0.446 e. The van der Waals surface area contributed by atoms with E-state index in [0.717, 1.165) is 91.6 Å². The minimum atomic E-state index is -0.785. The number of carbonyl (C=O) groups excluding carboxylic acids is 2. The molecule has 1 unspecified atom stereocenters. The largest absolute Gasteiger partial charge is 0.446 e. The van der Waals surface area contributed by atoms with E-state index in [1.54, 1.807) is 11.1 Å². The van der Waals surface area contributed by atoms with Crippen molar-refractivity contribution in [2.45, 2.75) is 89.6 Å². The Hall–Kier alpha value is -4.41. The van der Waals surface area contributed by atoms with E-state index in [1.165, 1.54) is 4.73 Å². The van der Waals surface area contributed by atoms with E-state index in [4.69, 9.17) is 16.3 Å². The Morgan fingerprint density at radius 2 is 1.82 bits per heavy atom. The number of piperazine rings is 1. The van der Waals surface area contributed by atoms with Crippen molar-refractivity contribution in [2.24, 2.45) is 0 Å². The minimum absolute atomic E-state index is 0.110. The Balaban J connectivity index is 1.22. The summed E-state index contributed by atoms with van der Waals surface area (Å²) in [4.78, 5) is 39.2. The molecular weight excluding hydrogens is 664 g/mol. The zero-order valence-electron chi connectivity index (χ0n) is 29.4. The maximum Gasteiger partial charge on any atom is 0.410 e. The van der Waals surface area contributed by atoms with Crippen LogP contribution < -0.4 is 4.73 Å². The van der Waals surface area contributed by atoms with Gasteiger partial charge in [0.1, 0.15) is 18.2 Å². The average molecular weight is 712 g/mol. The lowest BCUT2D eigenvalue weighted by Crippen LogP contribution is -2.62. The molecule has 2 fully saturated rings. The van der Waals surface area contributed by atoms with Crippen molar-refractivity contribution in [3.8, 4) is 0 Å². The van der Waals surface area contributed by atoms with E-state index in [2.05, 4.69) is 16.0 Å². The standard InChI is InChI=1S/C40H48ClN6O4/c1-29-25-43(28-42-29)19-9-20-45(26-30-10-4-2-5-11-30)39(48)36-27-44(22-23-46(36)40(49)51-34-13-6-3-7-14-34)38-35-18-17-33(41)24-32(35)16-15-31-12-8-21-47(50)37(31)38/h2,4-5,8,10-12,17-18,21,24-25,28,34,36,38,50H,3,6-7,9,13-16,19-20,22-23,26-27H2,1H3/q+1/t36-,38?/m1/s1. The Morgan fingerprint density at radius 1 is 1.02 bits per heavy atom. The average Bonchev–Trinajstić information content (AvgIpc) is 3.48. The van der Waals surface area contributed by atoms with Crippen molar-refractivity contribution < 1.29 is 24.3 Å². The van der Waals surface area contributed by atoms with Gasteiger partial charge in [-0.3, -0.25) is 19.8 Å². The highest BCUT2D eigenvalue weighted by Gasteiger charge is 2.45. The molecule has 1 N–H and O–H groups in total. The summed E-state index contributed by atoms with van der Waals surface area (Å²) in [7, 11) is 0. The normalized spacial score (nSPS) is 19.5. The van der Waals surface area contributed by atoms with Gasteiger partial charge in [-0.25, -0.2) is 9.78 Å². The summed E-state index contributed by atoms with van der Waals surface area (Å²) in [6.45, 7) is 4.73. The number of carbonyl (C=O) groups is 2. The van der Waals surface area contributed by atoms with Crippen LogP contribution in [0.5, 0.6) is 0 Å². The van der Waals surface area contributed by atoms with Crippen molar-refractivity contribution in [1.82, 2.24) is 24.3 Å². The summed E-state index contributed by atoms with van der Waals surface area (Å²) in [6.07, 6.45) is 12.2. The smallest absolute Gasteiger partial charge is 0.410 e. The summed E-state index contributed by atoms with van der Waals surface area (Å²) in [5.74, 6) is -0.110. The number of benzene rings is 2. The Labute approximate surface area is 305 Å². The zero-order chi connectivity index (χ0) is 35.3. The van der Waals surface area contributed by atoms with Crippen LogP contribution in [-0.2, 0) is 35.5 Å². The quantitative estimate of drug-likeness (QED) is 0.166. The van der Waals surface area contributed by atoms with Gasteiger partial charge >= 0.3 is 6.09 Å². The van der Waals surface area contributed by atoms with E-state index in [-0.39, 0.29) is 24.6 Å². The second-order valence-corrected chi connectivity index (χ2v) is 14.6. The molecule has 7 rings (SSSR count). The zero-order valence-corrected chi connectivity index (χ0v) is 30.1. The van der Waals surface area contributed by atoms with Crippen LogP contribution in [0, 0.1) is 6.92 Å². The second-order valence-electron chi connectivity index (χ2n) is 14.2. The van der Waals surface area contributed by atoms with Crippen LogP contribution >= 0.6 is 11.6 Å². The van der Waals surface area contributed by atoms with Gasteiger partial charge in [-0.15, -0.1) is 0 Å². The summed E-state index contributed by atoms with van der Waals surface area (Å²) >= 11 is 6.51. The van der Waals surface area contributed by atoms with E-state index in [1.807, 2.05) is 83.5 Å². The molecule has 2 amide bonds. The molecule has 11 heteroatoms. The van der Waals surface area contributed by atoms with Crippen molar-refractivity contribution in [2.75, 3.05) is 26.2 Å². The molecule has 3 aliphatic rings. The molecule has 2 atom stereocenters. The first-order chi connectivity index (χ1) is 24.8. The molecule has 268 valence electrons. The monoisotopic (exact) mass is 711 g/mol. The Kier molecular flexibility index (Phi) is 10.9. The van der Waals surface area contributed by atoms with Crippen LogP contribution in [0.15, 0.2) is 79.4 Å². The number of ether oxygens (including phenoxy) is 1. The van der Waals surface area contributed by atoms with Gasteiger partial charge in [-0.1, -0.05) is 54.4 Å². The highest BCUT2D eigenvalue weighted by Crippen LogP contribution is 2.37. The van der Waals surface area contributed by atoms with Gasteiger partial charge in [0.25, 0.3) is 5.69 Å². The molecule has 2 aromatic heterocycles. The highest BCUT2D eigenvalue weighted by atomic mass is 35.5. The molecule has 10 nitrogen and oxygen atoms in total. The van der Waals surface area contributed by atoms with Crippen LogP contribution in [0.3, 0.4) is 0 Å². The van der Waals surface area contributed by atoms with E-state index in [9.17, 15) is 10.0 Å². The number of aryl methyl sites for hydroxylation is 4. The molecule has 2 aliphatic carbocycles. The second kappa shape index (κ2) is 15.9. The first kappa shape index (κ1) is 35.0. The molecule has 1 aliphatic heterocycles. The first-order valence-electron chi connectivity index (χ1n) is 18.4. The molecule has 0 radical (unpaired) electrons. The molecule has 1 saturated heterocycles. The maximum absolute atomic E-state index is 15.0. The Bertz CT molecular complexity index is 1830. The molecular formula is C40H48ClN6O4+. The number of imidazole rings is 1. The van der Waals surface area contributed by atoms with Gasteiger partial charge < -0.3 is 14.2 Å². The number of fused-ring (bicyclic) bond motifs is 2. The lowest BCUT2D eigenvalue weighted by atomic mass is 9.95. The number of hydrogen-bond donors (Lipinski definition) is 1. The van der Waals surface area contributed by atoms with Crippen molar-refractivity contribution in [3.63, 3.8) is 0 Å². The highest BCUT2D eigenvalue weighted by molar-refractivity contribution is 6.30. The van der Waals surface area contributed by atoms with Crippen molar-refractivity contribution in [3.05, 3.63) is 118 Å². The van der Waals surface area contributed by atoms with Crippen LogP contribution in [-0.4, -0.2) is 79.8 Å². The van der Waals surface area contributed by atoms with Gasteiger partial charge in [0.05, 0.1) is 12.0 Å². The van der Waals surface area contributed by atoms with E-state index < -0.39 is 12.1 Å². The topological polar surface area (TPSA) is 95.0 Å². The van der Waals surface area contributed by atoms with Crippen LogP contribution in [0.1, 0.15) is 78.2 Å². The number of rotatable bonds is 9. The molecule has 4 aromatic rings. The lowest BCUT2D eigenvalue weighted by molar-refractivity contribution is -0.911. The lowest BCUT2D eigenvalue weighted by Gasteiger charge is -2.44. The fourth-order valence-corrected chi connectivity index (χ4v) is 8.29. The first-order valence-corrected chi connectivity index (χ1v) is 18.8. The number of hydrogen-bond acceptors (Lipinski definition) is 6. The van der Waals surface area contributed by atoms with Gasteiger partial charge in [-0.05, 0) is 86.8 Å². The molecule has 3 heterocycles. The summed E-state index contributed by atoms with van der Waals surface area (Å²) in [5, 5.41) is 12.0. The SMILES string of the molecule is Cc1cn(CCCN(Cc2ccccc2)C(=O)[C@H]2CN(C3c4ccc(Cl)cc4CCc4ccc[n+](O)c43)CCN2C(=O)OC2CCCCC2)cn1. The van der Waals surface area contributed by atoms with Crippen LogP contribution in [0.2, 0.25) is 5.02 Å². The fraction of sp³-hybridized carbons (Fsp3) is 0.450. The number of amides is 2. The van der Waals surface area contributed by atoms with Crippen molar-refractivity contribution in [1.29, 1.82) is 0 Å². The summed E-state index contributed by atoms with van der Waals surface area (Å²) < 4.78 is 9.40. The molecule has 2 aromatic carbocycles. The fourth-order valence-electron chi connectivity index (χ4n) is 8.09. The van der Waals surface area contributed by atoms with E-state index >= 15 is 4.79 Å². The number of halogens is 1. The third-order valence-electron chi connectivity index (χ3n) is 10.7. The van der Waals surface area contributed by atoms with Gasteiger partial charge in [0.15, 0.2) is 0 Å². The van der Waals surface area contributed by atoms with Crippen LogP contribution in [0.25, 0.3) is 0 Å². The van der Waals surface area contributed by atoms with Gasteiger partial charge in [0, 0.05) is 66.8 Å². The number of pyridine rings is 1. The maximum atomic E-state index is 15.0. The summed E-state index contributed by atoms with van der Waals surface area (Å²) in [6, 6.07) is 18.8. The summed E-state index contributed by atoms with van der Waals surface area (Å²) in [5.41, 5.74) is 5.96. The van der Waals surface area contributed by atoms with Crippen molar-refractivity contribution >= 4 is 23.6 Å². The third-order valence-corrected chi connectivity index (χ3v) is 10.9. The predicted molar refractivity (Wildman–Crippen MR) is 193 cm³/mol. The molecule has 1 saturated carbocycles. The third kappa shape index (κ3) is 8.07. The Morgan fingerprint density at radius 3 is 2.61 bits per heavy atom. The van der Waals surface area contributed by atoms with Gasteiger partial charge in [0.2, 0.25) is 12.1 Å². The van der Waals surface area contributed by atoms with Crippen LogP contribution in [0.4, 0.5) is 4.79 Å². The number of nitrogens with zero attached hydrogens (tertiary/aromatic N) is 6. The van der Waals surface area contributed by atoms with E-state index in [0.29, 0.717) is 31.2 Å². The molecule has 0 spiro atoms. The number of aromatic nitrogens is 3. The predicted octanol–water partition coefficient (Wildman–Crippen LogP) is 6.13. The van der Waals surface area contributed by atoms with Gasteiger partial charge in [-0.2, -0.15) is 0 Å². The molecule has 51 heavy (non-hydrogen) atoms. The molecule has 0 bridgehead atoms.